The number of thioether (sulfide) groups is 1. The van der Waals surface area contributed by atoms with E-state index < -0.39 is 28.4 Å². The van der Waals surface area contributed by atoms with Crippen molar-refractivity contribution in [3.8, 4) is 0 Å². The average molecular weight is 422 g/mol. The Labute approximate surface area is 169 Å². The van der Waals surface area contributed by atoms with Crippen molar-refractivity contribution < 1.29 is 18.0 Å². The molecule has 0 fully saturated rings. The molecule has 0 saturated heterocycles. The van der Waals surface area contributed by atoms with Crippen molar-refractivity contribution >= 4 is 33.6 Å². The molecule has 0 aromatic heterocycles. The van der Waals surface area contributed by atoms with Crippen LogP contribution < -0.4 is 10.9 Å². The number of carbonyl (C=O) groups is 2. The molecule has 0 saturated carbocycles. The first-order valence-electron chi connectivity index (χ1n) is 8.44. The molecule has 0 unspecified atom stereocenters. The molecule has 2 aromatic rings. The molecule has 2 amide bonds. The monoisotopic (exact) mass is 421 g/mol. The molecule has 0 heterocycles. The van der Waals surface area contributed by atoms with Gasteiger partial charge in [0.1, 0.15) is 0 Å². The summed E-state index contributed by atoms with van der Waals surface area (Å²) in [5, 5.41) is 0. The molecule has 0 spiro atoms. The highest BCUT2D eigenvalue weighted by Crippen LogP contribution is 2.14. The zero-order valence-electron chi connectivity index (χ0n) is 15.9. The Morgan fingerprint density at radius 1 is 1.07 bits per heavy atom. The van der Waals surface area contributed by atoms with Crippen LogP contribution in [0.4, 0.5) is 0 Å². The minimum atomic E-state index is -3.80. The second kappa shape index (κ2) is 9.72. The Bertz CT molecular complexity index is 944. The smallest absolute Gasteiger partial charge is 0.269 e. The molecular formula is C19H23N3O4S2. The van der Waals surface area contributed by atoms with Gasteiger partial charge in [0.25, 0.3) is 11.8 Å². The predicted molar refractivity (Wildman–Crippen MR) is 110 cm³/mol. The predicted octanol–water partition coefficient (Wildman–Crippen LogP) is 1.94. The first kappa shape index (κ1) is 21.9. The van der Waals surface area contributed by atoms with Crippen molar-refractivity contribution in [2.75, 3.05) is 19.8 Å². The topological polar surface area (TPSA) is 95.6 Å². The lowest BCUT2D eigenvalue weighted by Crippen LogP contribution is -2.46. The number of benzene rings is 2. The third-order valence-corrected chi connectivity index (χ3v) is 6.35. The van der Waals surface area contributed by atoms with E-state index >= 15 is 0 Å². The third-order valence-electron chi connectivity index (χ3n) is 3.91. The molecule has 2 aromatic carbocycles. The molecule has 0 aliphatic carbocycles. The van der Waals surface area contributed by atoms with Crippen LogP contribution in [0, 0.1) is 6.92 Å². The summed E-state index contributed by atoms with van der Waals surface area (Å²) in [6.45, 7) is 1.43. The van der Waals surface area contributed by atoms with Gasteiger partial charge in [0.15, 0.2) is 0 Å². The van der Waals surface area contributed by atoms with Gasteiger partial charge in [-0.3, -0.25) is 20.4 Å². The first-order valence-corrected chi connectivity index (χ1v) is 11.3. The van der Waals surface area contributed by atoms with E-state index in [1.807, 2.05) is 19.2 Å². The van der Waals surface area contributed by atoms with Crippen molar-refractivity contribution in [2.45, 2.75) is 17.6 Å². The van der Waals surface area contributed by atoms with Crippen LogP contribution in [0.15, 0.2) is 53.4 Å². The third kappa shape index (κ3) is 5.82. The van der Waals surface area contributed by atoms with Gasteiger partial charge in [-0.1, -0.05) is 29.8 Å². The summed E-state index contributed by atoms with van der Waals surface area (Å²) in [6, 6.07) is 13.4. The summed E-state index contributed by atoms with van der Waals surface area (Å²) in [6.07, 6.45) is 1.97. The lowest BCUT2D eigenvalue weighted by Gasteiger charge is -2.17. The van der Waals surface area contributed by atoms with Gasteiger partial charge in [-0.25, -0.2) is 8.42 Å². The van der Waals surface area contributed by atoms with Crippen molar-refractivity contribution in [1.29, 1.82) is 0 Å². The van der Waals surface area contributed by atoms with E-state index in [-0.39, 0.29) is 4.90 Å². The lowest BCUT2D eigenvalue weighted by atomic mass is 10.1. The molecule has 0 radical (unpaired) electrons. The summed E-state index contributed by atoms with van der Waals surface area (Å²) in [7, 11) is -2.49. The summed E-state index contributed by atoms with van der Waals surface area (Å²) >= 11 is 1.64. The number of sulfonamides is 1. The number of nitrogens with one attached hydrogen (secondary N) is 2. The second-order valence-corrected chi connectivity index (χ2v) is 9.12. The lowest BCUT2D eigenvalue weighted by molar-refractivity contribution is -0.121. The summed E-state index contributed by atoms with van der Waals surface area (Å²) in [5.41, 5.74) is 6.89. The maximum atomic E-state index is 12.5. The van der Waals surface area contributed by atoms with Crippen molar-refractivity contribution in [3.63, 3.8) is 0 Å². The second-order valence-electron chi connectivity index (χ2n) is 6.21. The number of hydrazine groups is 1. The quantitative estimate of drug-likeness (QED) is 0.666. The van der Waals surface area contributed by atoms with Gasteiger partial charge in [-0.2, -0.15) is 16.1 Å². The van der Waals surface area contributed by atoms with Crippen LogP contribution in [0.25, 0.3) is 0 Å². The van der Waals surface area contributed by atoms with Crippen molar-refractivity contribution in [2.24, 2.45) is 0 Å². The number of nitrogens with zero attached hydrogens (tertiary/aromatic N) is 1. The molecule has 0 bridgehead atoms. The Hall–Kier alpha value is -2.36. The van der Waals surface area contributed by atoms with E-state index in [0.717, 1.165) is 21.2 Å². The summed E-state index contributed by atoms with van der Waals surface area (Å²) in [5.74, 6) is -0.345. The maximum Gasteiger partial charge on any atom is 0.269 e. The minimum Gasteiger partial charge on any atom is -0.272 e. The fraction of sp³-hybridized carbons (Fsp3) is 0.263. The van der Waals surface area contributed by atoms with Crippen LogP contribution in [-0.2, 0) is 20.6 Å². The van der Waals surface area contributed by atoms with E-state index in [9.17, 15) is 18.0 Å². The highest BCUT2D eigenvalue weighted by molar-refractivity contribution is 7.97. The Morgan fingerprint density at radius 3 is 2.39 bits per heavy atom. The number of rotatable bonds is 7. The Morgan fingerprint density at radius 2 is 1.75 bits per heavy atom. The number of aryl methyl sites for hydroxylation is 1. The molecule has 28 heavy (non-hydrogen) atoms. The fourth-order valence-electron chi connectivity index (χ4n) is 2.38. The van der Waals surface area contributed by atoms with Gasteiger partial charge in [0.2, 0.25) is 10.0 Å². The van der Waals surface area contributed by atoms with Crippen LogP contribution in [-0.4, -0.2) is 44.4 Å². The molecule has 2 N–H and O–H groups in total. The van der Waals surface area contributed by atoms with Gasteiger partial charge in [-0.15, -0.1) is 0 Å². The van der Waals surface area contributed by atoms with Gasteiger partial charge in [-0.05, 0) is 43.0 Å². The normalized spacial score (nSPS) is 11.3. The van der Waals surface area contributed by atoms with Gasteiger partial charge in [0, 0.05) is 18.4 Å². The maximum absolute atomic E-state index is 12.5. The largest absolute Gasteiger partial charge is 0.272 e. The zero-order chi connectivity index (χ0) is 20.7. The molecule has 0 aliphatic rings. The average Bonchev–Trinajstić information content (AvgIpc) is 2.67. The van der Waals surface area contributed by atoms with Crippen LogP contribution in [0.5, 0.6) is 0 Å². The van der Waals surface area contributed by atoms with Crippen LogP contribution in [0.3, 0.4) is 0 Å². The molecule has 7 nitrogen and oxygen atoms in total. The van der Waals surface area contributed by atoms with Crippen molar-refractivity contribution in [3.05, 3.63) is 65.2 Å². The highest BCUT2D eigenvalue weighted by Gasteiger charge is 2.23. The van der Waals surface area contributed by atoms with Crippen LogP contribution >= 0.6 is 11.8 Å². The molecule has 0 aliphatic heterocycles. The first-order chi connectivity index (χ1) is 13.2. The van der Waals surface area contributed by atoms with Gasteiger partial charge < -0.3 is 0 Å². The highest BCUT2D eigenvalue weighted by atomic mass is 32.2. The summed E-state index contributed by atoms with van der Waals surface area (Å²) in [4.78, 5) is 24.3. The van der Waals surface area contributed by atoms with Gasteiger partial charge >= 0.3 is 0 Å². The summed E-state index contributed by atoms with van der Waals surface area (Å²) < 4.78 is 25.9. The molecular weight excluding hydrogens is 398 g/mol. The number of hydrogen-bond donors (Lipinski definition) is 2. The fourth-order valence-corrected chi connectivity index (χ4v) is 4.02. The SMILES string of the molecule is CSCc1cccc(C(=O)NNC(=O)CN(C)S(=O)(=O)c2ccc(C)cc2)c1. The Balaban J connectivity index is 1.93. The van der Waals surface area contributed by atoms with E-state index in [1.54, 1.807) is 42.1 Å². The molecule has 9 heteroatoms. The Kier molecular flexibility index (Phi) is 7.61. The number of likely N-dealkylation sites (N-methyl/N-ethyl adjacent to an activating group) is 1. The standard InChI is InChI=1S/C19H23N3O4S2/c1-14-7-9-17(10-8-14)28(25,26)22(2)12-18(23)20-21-19(24)16-6-4-5-15(11-16)13-27-3/h4-11H,12-13H2,1-3H3,(H,20,23)(H,21,24). The number of carbonyl (C=O) groups excluding carboxylic acids is 2. The zero-order valence-corrected chi connectivity index (χ0v) is 17.6. The minimum absolute atomic E-state index is 0.100. The molecule has 2 rings (SSSR count). The number of hydrogen-bond acceptors (Lipinski definition) is 5. The van der Waals surface area contributed by atoms with Crippen LogP contribution in [0.1, 0.15) is 21.5 Å². The van der Waals surface area contributed by atoms with Crippen molar-refractivity contribution in [1.82, 2.24) is 15.2 Å². The van der Waals surface area contributed by atoms with E-state index in [2.05, 4.69) is 10.9 Å². The van der Waals surface area contributed by atoms with E-state index in [4.69, 9.17) is 0 Å². The van der Waals surface area contributed by atoms with E-state index in [1.165, 1.54) is 19.2 Å². The molecule has 0 atom stereocenters. The van der Waals surface area contributed by atoms with E-state index in [0.29, 0.717) is 5.56 Å². The van der Waals surface area contributed by atoms with Gasteiger partial charge in [0.05, 0.1) is 11.4 Å². The molecule has 150 valence electrons. The number of amides is 2. The van der Waals surface area contributed by atoms with Crippen LogP contribution in [0.2, 0.25) is 0 Å².